The highest BCUT2D eigenvalue weighted by Crippen LogP contribution is 2.25. The molecule has 0 amide bonds. The van der Waals surface area contributed by atoms with E-state index in [1.807, 2.05) is 30.3 Å². The Bertz CT molecular complexity index is 739. The molecular weight excluding hydrogens is 242 g/mol. The van der Waals surface area contributed by atoms with Gasteiger partial charge in [-0.2, -0.15) is 15.0 Å². The van der Waals surface area contributed by atoms with Gasteiger partial charge in [-0.1, -0.05) is 18.2 Å². The maximum atomic E-state index is 5.65. The van der Waals surface area contributed by atoms with Crippen LogP contribution >= 0.6 is 0 Å². The van der Waals surface area contributed by atoms with E-state index >= 15 is 0 Å². The van der Waals surface area contributed by atoms with Crippen LogP contribution in [0.2, 0.25) is 0 Å². The Morgan fingerprint density at radius 1 is 1.05 bits per heavy atom. The quantitative estimate of drug-likeness (QED) is 0.747. The van der Waals surface area contributed by atoms with Crippen molar-refractivity contribution in [1.82, 2.24) is 19.9 Å². The van der Waals surface area contributed by atoms with E-state index in [9.17, 15) is 0 Å². The number of ether oxygens (including phenoxy) is 1. The van der Waals surface area contributed by atoms with Gasteiger partial charge in [0, 0.05) is 17.1 Å². The number of pyridine rings is 1. The summed E-state index contributed by atoms with van der Waals surface area (Å²) in [5, 5.41) is 1.01. The summed E-state index contributed by atoms with van der Waals surface area (Å²) in [6.45, 7) is 0. The first kappa shape index (κ1) is 11.3. The molecule has 0 bridgehead atoms. The van der Waals surface area contributed by atoms with Gasteiger partial charge in [0.1, 0.15) is 0 Å². The normalized spacial score (nSPS) is 10.6. The Morgan fingerprint density at radius 3 is 2.74 bits per heavy atom. The van der Waals surface area contributed by atoms with Crippen LogP contribution in [0.3, 0.4) is 0 Å². The van der Waals surface area contributed by atoms with Crippen molar-refractivity contribution in [2.24, 2.45) is 0 Å². The third kappa shape index (κ3) is 2.03. The Hall–Kier alpha value is -2.76. The molecule has 6 nitrogen and oxygen atoms in total. The van der Waals surface area contributed by atoms with Crippen LogP contribution in [0.15, 0.2) is 36.5 Å². The highest BCUT2D eigenvalue weighted by Gasteiger charge is 2.10. The lowest BCUT2D eigenvalue weighted by atomic mass is 10.1. The maximum absolute atomic E-state index is 5.65. The van der Waals surface area contributed by atoms with Crippen LogP contribution < -0.4 is 10.5 Å². The molecule has 2 heterocycles. The van der Waals surface area contributed by atoms with Crippen LogP contribution in [-0.2, 0) is 0 Å². The largest absolute Gasteiger partial charge is 0.467 e. The van der Waals surface area contributed by atoms with Crippen molar-refractivity contribution in [1.29, 1.82) is 0 Å². The number of hydrogen-bond acceptors (Lipinski definition) is 6. The van der Waals surface area contributed by atoms with E-state index in [1.54, 1.807) is 6.20 Å². The van der Waals surface area contributed by atoms with Crippen LogP contribution in [0.1, 0.15) is 0 Å². The Balaban J connectivity index is 2.27. The molecule has 3 aromatic rings. The molecule has 2 N–H and O–H groups in total. The molecular formula is C13H11N5O. The van der Waals surface area contributed by atoms with Gasteiger partial charge in [-0.25, -0.2) is 0 Å². The van der Waals surface area contributed by atoms with Crippen LogP contribution in [0.4, 0.5) is 5.95 Å². The molecule has 2 aromatic heterocycles. The second kappa shape index (κ2) is 4.49. The second-order valence-electron chi connectivity index (χ2n) is 3.88. The molecule has 0 saturated heterocycles. The first-order valence-electron chi connectivity index (χ1n) is 5.67. The van der Waals surface area contributed by atoms with Crippen molar-refractivity contribution in [2.75, 3.05) is 12.8 Å². The van der Waals surface area contributed by atoms with E-state index in [1.165, 1.54) is 7.11 Å². The molecule has 6 heteroatoms. The monoisotopic (exact) mass is 253 g/mol. The molecule has 0 fully saturated rings. The third-order valence-corrected chi connectivity index (χ3v) is 2.69. The molecule has 0 aliphatic carbocycles. The van der Waals surface area contributed by atoms with Gasteiger partial charge in [0.05, 0.1) is 12.6 Å². The van der Waals surface area contributed by atoms with E-state index in [4.69, 9.17) is 10.5 Å². The molecule has 0 atom stereocenters. The number of rotatable bonds is 2. The van der Waals surface area contributed by atoms with E-state index in [-0.39, 0.29) is 12.0 Å². The summed E-state index contributed by atoms with van der Waals surface area (Å²) in [7, 11) is 1.49. The molecule has 0 aliphatic rings. The molecule has 1 aromatic carbocycles. The lowest BCUT2D eigenvalue weighted by Crippen LogP contribution is -2.03. The second-order valence-corrected chi connectivity index (χ2v) is 3.88. The first-order chi connectivity index (χ1) is 9.28. The zero-order valence-electron chi connectivity index (χ0n) is 10.2. The lowest BCUT2D eigenvalue weighted by molar-refractivity contribution is 0.379. The molecule has 3 rings (SSSR count). The minimum atomic E-state index is 0.120. The fraction of sp³-hybridized carbons (Fsp3) is 0.0769. The van der Waals surface area contributed by atoms with Crippen LogP contribution in [-0.4, -0.2) is 27.0 Å². The van der Waals surface area contributed by atoms with Crippen LogP contribution in [0.5, 0.6) is 6.01 Å². The summed E-state index contributed by atoms with van der Waals surface area (Å²) in [6, 6.07) is 9.85. The Kier molecular flexibility index (Phi) is 2.68. The van der Waals surface area contributed by atoms with E-state index in [0.29, 0.717) is 5.82 Å². The molecule has 94 valence electrons. The third-order valence-electron chi connectivity index (χ3n) is 2.69. The van der Waals surface area contributed by atoms with Gasteiger partial charge in [0.2, 0.25) is 5.95 Å². The number of methoxy groups -OCH3 is 1. The smallest absolute Gasteiger partial charge is 0.321 e. The molecule has 0 saturated carbocycles. The zero-order valence-corrected chi connectivity index (χ0v) is 10.2. The molecule has 0 unspecified atom stereocenters. The molecule has 19 heavy (non-hydrogen) atoms. The number of fused-ring (bicyclic) bond motifs is 1. The average molecular weight is 253 g/mol. The van der Waals surface area contributed by atoms with Crippen molar-refractivity contribution in [3.05, 3.63) is 36.5 Å². The molecule has 0 aliphatic heterocycles. The van der Waals surface area contributed by atoms with E-state index in [0.717, 1.165) is 16.5 Å². The SMILES string of the molecule is COc1nc(N)nc(-c2cccc3cccnc23)n1. The lowest BCUT2D eigenvalue weighted by Gasteiger charge is -2.06. The number of nitrogens with zero attached hydrogens (tertiary/aromatic N) is 4. The number of aromatic nitrogens is 4. The number of hydrogen-bond donors (Lipinski definition) is 1. The topological polar surface area (TPSA) is 86.8 Å². The maximum Gasteiger partial charge on any atom is 0.321 e. The summed E-state index contributed by atoms with van der Waals surface area (Å²) in [4.78, 5) is 16.6. The summed E-state index contributed by atoms with van der Waals surface area (Å²) in [6.07, 6.45) is 1.73. The van der Waals surface area contributed by atoms with Crippen molar-refractivity contribution < 1.29 is 4.74 Å². The van der Waals surface area contributed by atoms with Crippen LogP contribution in [0.25, 0.3) is 22.3 Å². The highest BCUT2D eigenvalue weighted by molar-refractivity contribution is 5.91. The van der Waals surface area contributed by atoms with Crippen LogP contribution in [0, 0.1) is 0 Å². The standard InChI is InChI=1S/C13H11N5O/c1-19-13-17-11(16-12(14)18-13)9-6-2-4-8-5-3-7-15-10(8)9/h2-7H,1H3,(H2,14,16,17,18). The first-order valence-corrected chi connectivity index (χ1v) is 5.67. The van der Waals surface area contributed by atoms with Crippen molar-refractivity contribution in [2.45, 2.75) is 0 Å². The number of benzene rings is 1. The summed E-state index contributed by atoms with van der Waals surface area (Å²) in [5.74, 6) is 0.573. The number of nitrogen functional groups attached to an aromatic ring is 1. The van der Waals surface area contributed by atoms with Gasteiger partial charge < -0.3 is 10.5 Å². The highest BCUT2D eigenvalue weighted by atomic mass is 16.5. The Labute approximate surface area is 109 Å². The van der Waals surface area contributed by atoms with Crippen molar-refractivity contribution in [3.63, 3.8) is 0 Å². The van der Waals surface area contributed by atoms with Gasteiger partial charge in [-0.15, -0.1) is 0 Å². The van der Waals surface area contributed by atoms with Gasteiger partial charge >= 0.3 is 6.01 Å². The summed E-state index contributed by atoms with van der Waals surface area (Å²) in [5.41, 5.74) is 7.27. The van der Waals surface area contributed by atoms with Crippen molar-refractivity contribution in [3.8, 4) is 17.4 Å². The van der Waals surface area contributed by atoms with E-state index in [2.05, 4.69) is 19.9 Å². The average Bonchev–Trinajstić information content (AvgIpc) is 2.46. The fourth-order valence-electron chi connectivity index (χ4n) is 1.87. The number of nitrogens with two attached hydrogens (primary N) is 1. The van der Waals surface area contributed by atoms with Gasteiger partial charge in [0.15, 0.2) is 5.82 Å². The van der Waals surface area contributed by atoms with Gasteiger partial charge in [0.25, 0.3) is 0 Å². The Morgan fingerprint density at radius 2 is 1.89 bits per heavy atom. The van der Waals surface area contributed by atoms with Gasteiger partial charge in [-0.05, 0) is 12.1 Å². The predicted molar refractivity (Wildman–Crippen MR) is 71.5 cm³/mol. The predicted octanol–water partition coefficient (Wildman–Crippen LogP) is 1.68. The summed E-state index contributed by atoms with van der Waals surface area (Å²) >= 11 is 0. The minimum absolute atomic E-state index is 0.120. The van der Waals surface area contributed by atoms with Gasteiger partial charge in [-0.3, -0.25) is 4.98 Å². The van der Waals surface area contributed by atoms with E-state index < -0.39 is 0 Å². The fourth-order valence-corrected chi connectivity index (χ4v) is 1.87. The number of anilines is 1. The molecule has 0 radical (unpaired) electrons. The number of para-hydroxylation sites is 1. The summed E-state index contributed by atoms with van der Waals surface area (Å²) < 4.78 is 5.01. The van der Waals surface area contributed by atoms with Crippen molar-refractivity contribution >= 4 is 16.9 Å². The minimum Gasteiger partial charge on any atom is -0.467 e. The zero-order chi connectivity index (χ0) is 13.2. The molecule has 0 spiro atoms.